The molecule has 1 aliphatic rings. The van der Waals surface area contributed by atoms with Crippen LogP contribution in [0.15, 0.2) is 60.0 Å². The topological polar surface area (TPSA) is 32.3 Å². The second kappa shape index (κ2) is 7.61. The first-order chi connectivity index (χ1) is 14.2. The summed E-state index contributed by atoms with van der Waals surface area (Å²) in [7, 11) is 0. The highest BCUT2D eigenvalue weighted by atomic mass is 35.5. The van der Waals surface area contributed by atoms with Crippen LogP contribution >= 0.6 is 22.9 Å². The monoisotopic (exact) mass is 424 g/mol. The van der Waals surface area contributed by atoms with Crippen molar-refractivity contribution in [2.75, 3.05) is 36.0 Å². The van der Waals surface area contributed by atoms with Crippen molar-refractivity contribution >= 4 is 44.7 Å². The number of aromatic nitrogens is 2. The first-order valence-electron chi connectivity index (χ1n) is 9.45. The summed E-state index contributed by atoms with van der Waals surface area (Å²) in [6.45, 7) is 3.50. The van der Waals surface area contributed by atoms with E-state index in [0.29, 0.717) is 0 Å². The molecule has 0 amide bonds. The summed E-state index contributed by atoms with van der Waals surface area (Å²) in [5.74, 6) is 0.609. The predicted molar refractivity (Wildman–Crippen MR) is 119 cm³/mol. The number of halogens is 2. The van der Waals surface area contributed by atoms with Crippen LogP contribution in [0.25, 0.3) is 21.3 Å². The van der Waals surface area contributed by atoms with Crippen LogP contribution in [-0.2, 0) is 0 Å². The minimum Gasteiger partial charge on any atom is -0.368 e. The maximum atomic E-state index is 13.4. The maximum absolute atomic E-state index is 13.4. The van der Waals surface area contributed by atoms with Gasteiger partial charge in [0.1, 0.15) is 16.5 Å². The molecule has 0 unspecified atom stereocenters. The molecular weight excluding hydrogens is 407 g/mol. The summed E-state index contributed by atoms with van der Waals surface area (Å²) in [6, 6.07) is 17.0. The summed E-state index contributed by atoms with van der Waals surface area (Å²) < 4.78 is 13.4. The number of hydrogen-bond donors (Lipinski definition) is 0. The molecule has 4 aromatic rings. The van der Waals surface area contributed by atoms with Crippen LogP contribution in [-0.4, -0.2) is 36.1 Å². The summed E-state index contributed by atoms with van der Waals surface area (Å²) in [4.78, 5) is 14.5. The summed E-state index contributed by atoms with van der Waals surface area (Å²) >= 11 is 7.78. The third-order valence-corrected chi connectivity index (χ3v) is 6.28. The fraction of sp³-hybridized carbons (Fsp3) is 0.182. The molecule has 0 N–H and O–H groups in total. The second-order valence-corrected chi connectivity index (χ2v) is 8.16. The molecule has 7 heteroatoms. The van der Waals surface area contributed by atoms with Gasteiger partial charge in [0.2, 0.25) is 5.28 Å². The highest BCUT2D eigenvalue weighted by Gasteiger charge is 2.23. The molecule has 0 radical (unpaired) electrons. The molecule has 5 rings (SSSR count). The van der Waals surface area contributed by atoms with E-state index in [9.17, 15) is 4.39 Å². The SMILES string of the molecule is Fc1ccc(-c2csc3nc(Cl)nc(N4CCN(c5ccccc5)CC4)c23)cc1. The van der Waals surface area contributed by atoms with Gasteiger partial charge in [0.15, 0.2) is 0 Å². The maximum Gasteiger partial charge on any atom is 0.225 e. The fourth-order valence-corrected chi connectivity index (χ4v) is 4.94. The number of piperazine rings is 1. The van der Waals surface area contributed by atoms with Gasteiger partial charge in [-0.05, 0) is 41.4 Å². The van der Waals surface area contributed by atoms with Crippen LogP contribution in [0.5, 0.6) is 0 Å². The Morgan fingerprint density at radius 2 is 1.55 bits per heavy atom. The van der Waals surface area contributed by atoms with Crippen molar-refractivity contribution in [3.63, 3.8) is 0 Å². The van der Waals surface area contributed by atoms with Crippen LogP contribution < -0.4 is 9.80 Å². The van der Waals surface area contributed by atoms with E-state index in [4.69, 9.17) is 11.6 Å². The summed E-state index contributed by atoms with van der Waals surface area (Å²) in [5.41, 5.74) is 3.20. The predicted octanol–water partition coefficient (Wildman–Crippen LogP) is 5.48. The molecular formula is C22H18ClFN4S. The minimum absolute atomic E-state index is 0.246. The molecule has 2 aromatic heterocycles. The summed E-state index contributed by atoms with van der Waals surface area (Å²) in [6.07, 6.45) is 0. The Morgan fingerprint density at radius 1 is 0.862 bits per heavy atom. The Balaban J connectivity index is 1.50. The molecule has 4 nitrogen and oxygen atoms in total. The highest BCUT2D eigenvalue weighted by molar-refractivity contribution is 7.17. The number of thiophene rings is 1. The third kappa shape index (κ3) is 3.54. The van der Waals surface area contributed by atoms with Crippen LogP contribution in [0, 0.1) is 5.82 Å². The number of rotatable bonds is 3. The number of benzene rings is 2. The molecule has 146 valence electrons. The van der Waals surface area contributed by atoms with Crippen LogP contribution in [0.1, 0.15) is 0 Å². The number of anilines is 2. The number of nitrogens with zero attached hydrogens (tertiary/aromatic N) is 4. The molecule has 0 spiro atoms. The number of para-hydroxylation sites is 1. The average molecular weight is 425 g/mol. The Hall–Kier alpha value is -2.70. The van der Waals surface area contributed by atoms with E-state index >= 15 is 0 Å². The van der Waals surface area contributed by atoms with Crippen LogP contribution in [0.2, 0.25) is 5.28 Å². The van der Waals surface area contributed by atoms with Gasteiger partial charge in [-0.3, -0.25) is 0 Å². The number of hydrogen-bond acceptors (Lipinski definition) is 5. The van der Waals surface area contributed by atoms with E-state index < -0.39 is 0 Å². The summed E-state index contributed by atoms with van der Waals surface area (Å²) in [5, 5.41) is 3.29. The van der Waals surface area contributed by atoms with Crippen molar-refractivity contribution < 1.29 is 4.39 Å². The van der Waals surface area contributed by atoms with Gasteiger partial charge < -0.3 is 9.80 Å². The molecule has 0 aliphatic carbocycles. The van der Waals surface area contributed by atoms with Gasteiger partial charge >= 0.3 is 0 Å². The average Bonchev–Trinajstić information content (AvgIpc) is 3.18. The van der Waals surface area contributed by atoms with E-state index in [1.54, 1.807) is 12.1 Å². The zero-order valence-electron chi connectivity index (χ0n) is 15.6. The molecule has 1 fully saturated rings. The smallest absolute Gasteiger partial charge is 0.225 e. The molecule has 1 aliphatic heterocycles. The quantitative estimate of drug-likeness (QED) is 0.408. The van der Waals surface area contributed by atoms with Crippen molar-refractivity contribution in [2.45, 2.75) is 0 Å². The van der Waals surface area contributed by atoms with Gasteiger partial charge in [-0.15, -0.1) is 11.3 Å². The van der Waals surface area contributed by atoms with Crippen molar-refractivity contribution in [1.82, 2.24) is 9.97 Å². The van der Waals surface area contributed by atoms with E-state index in [2.05, 4.69) is 44.0 Å². The van der Waals surface area contributed by atoms with Gasteiger partial charge in [0.05, 0.1) is 5.39 Å². The standard InChI is InChI=1S/C22H18ClFN4S/c23-22-25-20(28-12-10-27(11-13-28)17-4-2-1-3-5-17)19-18(14-29-21(19)26-22)15-6-8-16(24)9-7-15/h1-9,14H,10-13H2. The van der Waals surface area contributed by atoms with Gasteiger partial charge in [-0.25, -0.2) is 9.37 Å². The van der Waals surface area contributed by atoms with E-state index in [0.717, 1.165) is 53.3 Å². The fourth-order valence-electron chi connectivity index (χ4n) is 3.78. The van der Waals surface area contributed by atoms with E-state index in [-0.39, 0.29) is 11.1 Å². The van der Waals surface area contributed by atoms with Crippen molar-refractivity contribution in [2.24, 2.45) is 0 Å². The van der Waals surface area contributed by atoms with E-state index in [1.807, 2.05) is 11.4 Å². The largest absolute Gasteiger partial charge is 0.368 e. The van der Waals surface area contributed by atoms with Gasteiger partial charge in [-0.1, -0.05) is 30.3 Å². The zero-order chi connectivity index (χ0) is 19.8. The van der Waals surface area contributed by atoms with Crippen molar-refractivity contribution in [3.05, 3.63) is 71.1 Å². The molecule has 29 heavy (non-hydrogen) atoms. The van der Waals surface area contributed by atoms with Crippen molar-refractivity contribution in [3.8, 4) is 11.1 Å². The zero-order valence-corrected chi connectivity index (χ0v) is 17.1. The lowest BCUT2D eigenvalue weighted by molar-refractivity contribution is 0.628. The van der Waals surface area contributed by atoms with Crippen LogP contribution in [0.4, 0.5) is 15.9 Å². The lowest BCUT2D eigenvalue weighted by Gasteiger charge is -2.37. The van der Waals surface area contributed by atoms with Gasteiger partial charge in [-0.2, -0.15) is 4.98 Å². The lowest BCUT2D eigenvalue weighted by Crippen LogP contribution is -2.47. The first-order valence-corrected chi connectivity index (χ1v) is 10.7. The Morgan fingerprint density at radius 3 is 2.28 bits per heavy atom. The molecule has 2 aromatic carbocycles. The molecule has 0 atom stereocenters. The lowest BCUT2D eigenvalue weighted by atomic mass is 10.1. The molecule has 0 bridgehead atoms. The Kier molecular flexibility index (Phi) is 4.81. The van der Waals surface area contributed by atoms with Gasteiger partial charge in [0.25, 0.3) is 0 Å². The number of fused-ring (bicyclic) bond motifs is 1. The highest BCUT2D eigenvalue weighted by Crippen LogP contribution is 2.39. The molecule has 1 saturated heterocycles. The molecule has 0 saturated carbocycles. The normalized spacial score (nSPS) is 14.6. The minimum atomic E-state index is -0.246. The Bertz CT molecular complexity index is 1140. The third-order valence-electron chi connectivity index (χ3n) is 5.24. The van der Waals surface area contributed by atoms with Crippen molar-refractivity contribution in [1.29, 1.82) is 0 Å². The van der Waals surface area contributed by atoms with Gasteiger partial charge in [0, 0.05) is 42.8 Å². The molecule has 3 heterocycles. The second-order valence-electron chi connectivity index (χ2n) is 6.96. The van der Waals surface area contributed by atoms with Crippen LogP contribution in [0.3, 0.4) is 0 Å². The first kappa shape index (κ1) is 18.3. The Labute approximate surface area is 177 Å². The van der Waals surface area contributed by atoms with E-state index in [1.165, 1.54) is 29.2 Å².